The summed E-state index contributed by atoms with van der Waals surface area (Å²) in [7, 11) is 3.04. The summed E-state index contributed by atoms with van der Waals surface area (Å²) in [6.45, 7) is 5.32. The third kappa shape index (κ3) is 6.43. The summed E-state index contributed by atoms with van der Waals surface area (Å²) in [5.41, 5.74) is 0.481. The molecule has 4 aromatic rings. The molecule has 0 aliphatic rings. The molecule has 0 fully saturated rings. The zero-order valence-electron chi connectivity index (χ0n) is 23.2. The summed E-state index contributed by atoms with van der Waals surface area (Å²) < 4.78 is 10.9. The molecule has 1 aromatic heterocycles. The lowest BCUT2D eigenvalue weighted by atomic mass is 9.98. The molecule has 8 nitrogen and oxygen atoms in total. The van der Waals surface area contributed by atoms with Crippen molar-refractivity contribution >= 4 is 45.5 Å². The summed E-state index contributed by atoms with van der Waals surface area (Å²) in [6, 6.07) is 20.8. The molecule has 0 aliphatic carbocycles. The maximum absolute atomic E-state index is 14.1. The van der Waals surface area contributed by atoms with E-state index in [0.29, 0.717) is 27.6 Å². The van der Waals surface area contributed by atoms with E-state index in [0.717, 1.165) is 10.8 Å². The molecule has 1 unspecified atom stereocenters. The fourth-order valence-corrected chi connectivity index (χ4v) is 5.09. The average Bonchev–Trinajstić information content (AvgIpc) is 3.48. The molecule has 0 saturated carbocycles. The monoisotopic (exact) mass is 559 g/mol. The minimum atomic E-state index is -1.09. The third-order valence-corrected chi connectivity index (χ3v) is 7.04. The van der Waals surface area contributed by atoms with E-state index in [2.05, 4.69) is 10.6 Å². The molecule has 208 valence electrons. The number of carbonyl (C=O) groups is 3. The van der Waals surface area contributed by atoms with Crippen LogP contribution in [-0.4, -0.2) is 44.0 Å². The fraction of sp³-hybridized carbons (Fsp3) is 0.258. The SMILES string of the molecule is COc1ccc(C(C(=O)NC(C)(C)C)N(C(=O)CNC(=O)c2cccs2)c2cccc3ccccc23)cc1OC. The van der Waals surface area contributed by atoms with Gasteiger partial charge in [0.1, 0.15) is 6.04 Å². The van der Waals surface area contributed by atoms with E-state index in [1.165, 1.54) is 30.5 Å². The molecule has 2 N–H and O–H groups in total. The van der Waals surface area contributed by atoms with E-state index >= 15 is 0 Å². The fourth-order valence-electron chi connectivity index (χ4n) is 4.45. The van der Waals surface area contributed by atoms with Gasteiger partial charge in [0.25, 0.3) is 5.91 Å². The number of carbonyl (C=O) groups excluding carboxylic acids is 3. The lowest BCUT2D eigenvalue weighted by Crippen LogP contribution is -2.51. The van der Waals surface area contributed by atoms with E-state index in [1.54, 1.807) is 41.8 Å². The number of nitrogens with zero attached hydrogens (tertiary/aromatic N) is 1. The van der Waals surface area contributed by atoms with Crippen molar-refractivity contribution in [3.63, 3.8) is 0 Å². The zero-order chi connectivity index (χ0) is 28.9. The van der Waals surface area contributed by atoms with Crippen molar-refractivity contribution in [2.75, 3.05) is 25.7 Å². The first-order valence-corrected chi connectivity index (χ1v) is 13.7. The van der Waals surface area contributed by atoms with Gasteiger partial charge in [0.15, 0.2) is 11.5 Å². The van der Waals surface area contributed by atoms with Gasteiger partial charge in [-0.2, -0.15) is 0 Å². The predicted molar refractivity (Wildman–Crippen MR) is 158 cm³/mol. The summed E-state index contributed by atoms with van der Waals surface area (Å²) >= 11 is 1.28. The lowest BCUT2D eigenvalue weighted by Gasteiger charge is -2.34. The largest absolute Gasteiger partial charge is 0.493 e. The highest BCUT2D eigenvalue weighted by Crippen LogP contribution is 2.37. The van der Waals surface area contributed by atoms with Gasteiger partial charge < -0.3 is 20.1 Å². The first-order chi connectivity index (χ1) is 19.1. The Morgan fingerprint density at radius 1 is 0.900 bits per heavy atom. The second kappa shape index (κ2) is 12.2. The number of amides is 3. The Bertz CT molecular complexity index is 1510. The Labute approximate surface area is 237 Å². The molecule has 0 aliphatic heterocycles. The number of benzene rings is 3. The van der Waals surface area contributed by atoms with E-state index in [1.807, 2.05) is 57.2 Å². The van der Waals surface area contributed by atoms with Crippen LogP contribution in [-0.2, 0) is 9.59 Å². The molecule has 3 aromatic carbocycles. The maximum atomic E-state index is 14.1. The molecule has 3 amide bonds. The normalized spacial score (nSPS) is 11.9. The van der Waals surface area contributed by atoms with Crippen molar-refractivity contribution in [1.82, 2.24) is 10.6 Å². The minimum Gasteiger partial charge on any atom is -0.493 e. The van der Waals surface area contributed by atoms with Crippen LogP contribution in [0.3, 0.4) is 0 Å². The average molecular weight is 560 g/mol. The molecule has 0 bridgehead atoms. The standard InChI is InChI=1S/C31H33N3O5S/c1-31(2,3)33-30(37)28(21-15-16-24(38-4)25(18-21)39-5)34(23-13-8-11-20-10-6-7-12-22(20)23)27(35)19-32-29(36)26-14-9-17-40-26/h6-18,28H,19H2,1-5H3,(H,32,36)(H,33,37). The third-order valence-electron chi connectivity index (χ3n) is 6.17. The van der Waals surface area contributed by atoms with Crippen LogP contribution in [0.25, 0.3) is 10.8 Å². The number of nitrogens with one attached hydrogen (secondary N) is 2. The number of hydrogen-bond acceptors (Lipinski definition) is 6. The maximum Gasteiger partial charge on any atom is 0.261 e. The van der Waals surface area contributed by atoms with E-state index in [-0.39, 0.29) is 18.4 Å². The van der Waals surface area contributed by atoms with Gasteiger partial charge in [-0.25, -0.2) is 0 Å². The van der Waals surface area contributed by atoms with Gasteiger partial charge in [-0.15, -0.1) is 11.3 Å². The zero-order valence-corrected chi connectivity index (χ0v) is 24.0. The van der Waals surface area contributed by atoms with Crippen molar-refractivity contribution in [2.45, 2.75) is 32.4 Å². The molecule has 1 heterocycles. The molecule has 1 atom stereocenters. The van der Waals surface area contributed by atoms with Crippen LogP contribution in [0.4, 0.5) is 5.69 Å². The van der Waals surface area contributed by atoms with Crippen LogP contribution in [0.2, 0.25) is 0 Å². The van der Waals surface area contributed by atoms with Crippen LogP contribution >= 0.6 is 11.3 Å². The number of anilines is 1. The van der Waals surface area contributed by atoms with Crippen molar-refractivity contribution in [3.8, 4) is 11.5 Å². The molecule has 9 heteroatoms. The van der Waals surface area contributed by atoms with Crippen molar-refractivity contribution in [1.29, 1.82) is 0 Å². The topological polar surface area (TPSA) is 97.0 Å². The quantitative estimate of drug-likeness (QED) is 0.289. The molecule has 0 radical (unpaired) electrons. The number of hydrogen-bond donors (Lipinski definition) is 2. The summed E-state index contributed by atoms with van der Waals surface area (Å²) in [4.78, 5) is 42.8. The number of fused-ring (bicyclic) bond motifs is 1. The molecular weight excluding hydrogens is 526 g/mol. The lowest BCUT2D eigenvalue weighted by molar-refractivity contribution is -0.127. The van der Waals surface area contributed by atoms with Gasteiger partial charge in [0, 0.05) is 10.9 Å². The molecular formula is C31H33N3O5S. The van der Waals surface area contributed by atoms with Gasteiger partial charge in [-0.3, -0.25) is 19.3 Å². The van der Waals surface area contributed by atoms with Crippen molar-refractivity contribution in [2.24, 2.45) is 0 Å². The smallest absolute Gasteiger partial charge is 0.261 e. The predicted octanol–water partition coefficient (Wildman–Crippen LogP) is 5.34. The highest BCUT2D eigenvalue weighted by atomic mass is 32.1. The molecule has 4 rings (SSSR count). The van der Waals surface area contributed by atoms with E-state index in [9.17, 15) is 14.4 Å². The van der Waals surface area contributed by atoms with Crippen LogP contribution in [0, 0.1) is 0 Å². The van der Waals surface area contributed by atoms with Crippen molar-refractivity contribution < 1.29 is 23.9 Å². The number of rotatable bonds is 9. The first kappa shape index (κ1) is 28.6. The highest BCUT2D eigenvalue weighted by Gasteiger charge is 2.36. The van der Waals surface area contributed by atoms with Crippen LogP contribution in [0.5, 0.6) is 11.5 Å². The molecule has 0 spiro atoms. The first-order valence-electron chi connectivity index (χ1n) is 12.8. The summed E-state index contributed by atoms with van der Waals surface area (Å²) in [5.74, 6) is -0.281. The second-order valence-corrected chi connectivity index (χ2v) is 11.1. The Morgan fingerprint density at radius 2 is 1.62 bits per heavy atom. The Kier molecular flexibility index (Phi) is 8.74. The van der Waals surface area contributed by atoms with Crippen molar-refractivity contribution in [3.05, 3.63) is 88.6 Å². The van der Waals surface area contributed by atoms with Gasteiger partial charge >= 0.3 is 0 Å². The minimum absolute atomic E-state index is 0.313. The second-order valence-electron chi connectivity index (χ2n) is 10.2. The number of methoxy groups -OCH3 is 2. The number of ether oxygens (including phenoxy) is 2. The summed E-state index contributed by atoms with van der Waals surface area (Å²) in [5, 5.41) is 9.24. The van der Waals surface area contributed by atoms with Crippen LogP contribution < -0.4 is 25.0 Å². The van der Waals surface area contributed by atoms with Crippen LogP contribution in [0.1, 0.15) is 42.0 Å². The van der Waals surface area contributed by atoms with Crippen LogP contribution in [0.15, 0.2) is 78.2 Å². The Hall–Kier alpha value is -4.37. The Morgan fingerprint density at radius 3 is 2.30 bits per heavy atom. The van der Waals surface area contributed by atoms with Gasteiger partial charge in [-0.05, 0) is 61.4 Å². The number of thiophene rings is 1. The summed E-state index contributed by atoms with van der Waals surface area (Å²) in [6.07, 6.45) is 0. The van der Waals surface area contributed by atoms with Gasteiger partial charge in [0.2, 0.25) is 11.8 Å². The Balaban J connectivity index is 1.87. The van der Waals surface area contributed by atoms with Gasteiger partial charge in [-0.1, -0.05) is 48.5 Å². The van der Waals surface area contributed by atoms with E-state index in [4.69, 9.17) is 9.47 Å². The van der Waals surface area contributed by atoms with Gasteiger partial charge in [0.05, 0.1) is 31.3 Å². The molecule has 40 heavy (non-hydrogen) atoms. The molecule has 0 saturated heterocycles. The highest BCUT2D eigenvalue weighted by molar-refractivity contribution is 7.12. The van der Waals surface area contributed by atoms with E-state index < -0.39 is 17.5 Å².